The highest BCUT2D eigenvalue weighted by Crippen LogP contribution is 2.25. The van der Waals surface area contributed by atoms with Crippen molar-refractivity contribution >= 4 is 29.1 Å². The van der Waals surface area contributed by atoms with Crippen molar-refractivity contribution in [3.05, 3.63) is 54.6 Å². The topological polar surface area (TPSA) is 83.1 Å². The summed E-state index contributed by atoms with van der Waals surface area (Å²) >= 11 is 0. The Kier molecular flexibility index (Phi) is 5.41. The maximum Gasteiger partial charge on any atom is 0.414 e. The van der Waals surface area contributed by atoms with E-state index in [4.69, 9.17) is 9.47 Å². The summed E-state index contributed by atoms with van der Waals surface area (Å²) in [6.45, 7) is 2.10. The van der Waals surface area contributed by atoms with E-state index < -0.39 is 0 Å². The lowest BCUT2D eigenvalue weighted by molar-refractivity contribution is -0.125. The smallest absolute Gasteiger partial charge is 0.414 e. The molecule has 0 aliphatic carbocycles. The van der Waals surface area contributed by atoms with Crippen LogP contribution < -0.4 is 20.7 Å². The summed E-state index contributed by atoms with van der Waals surface area (Å²) < 4.78 is 10.6. The molecule has 4 rings (SSSR count). The van der Waals surface area contributed by atoms with E-state index in [0.717, 1.165) is 17.1 Å². The van der Waals surface area contributed by atoms with E-state index in [1.165, 1.54) is 0 Å². The fourth-order valence-electron chi connectivity index (χ4n) is 3.23. The Bertz CT molecular complexity index is 828. The number of morpholine rings is 1. The first kappa shape index (κ1) is 18.3. The largest absolute Gasteiger partial charge is 0.442 e. The molecule has 0 unspecified atom stereocenters. The first-order valence-electron chi connectivity index (χ1n) is 9.21. The molecule has 2 N–H and O–H groups in total. The van der Waals surface area contributed by atoms with Crippen molar-refractivity contribution in [2.75, 3.05) is 48.1 Å². The Balaban J connectivity index is 1.33. The average Bonchev–Trinajstić information content (AvgIpc) is 3.10. The Morgan fingerprint density at radius 2 is 1.68 bits per heavy atom. The van der Waals surface area contributed by atoms with Gasteiger partial charge >= 0.3 is 6.09 Å². The summed E-state index contributed by atoms with van der Waals surface area (Å²) in [6, 6.07) is 17.1. The zero-order valence-electron chi connectivity index (χ0n) is 15.3. The third-order valence-corrected chi connectivity index (χ3v) is 4.67. The van der Waals surface area contributed by atoms with Gasteiger partial charge in [-0.05, 0) is 36.4 Å². The molecule has 2 aliphatic rings. The van der Waals surface area contributed by atoms with Gasteiger partial charge in [0.1, 0.15) is 12.7 Å². The fourth-order valence-corrected chi connectivity index (χ4v) is 3.23. The molecule has 0 aromatic heterocycles. The zero-order chi connectivity index (χ0) is 19.3. The van der Waals surface area contributed by atoms with Crippen LogP contribution in [0.15, 0.2) is 54.6 Å². The monoisotopic (exact) mass is 382 g/mol. The maximum absolute atomic E-state index is 12.2. The molecular weight excluding hydrogens is 360 g/mol. The van der Waals surface area contributed by atoms with Crippen molar-refractivity contribution in [3.8, 4) is 0 Å². The lowest BCUT2D eigenvalue weighted by Crippen LogP contribution is -2.41. The quantitative estimate of drug-likeness (QED) is 0.744. The van der Waals surface area contributed by atoms with Gasteiger partial charge in [-0.1, -0.05) is 18.2 Å². The molecular formula is C20H22N4O4. The van der Waals surface area contributed by atoms with Gasteiger partial charge in [0.15, 0.2) is 0 Å². The van der Waals surface area contributed by atoms with Gasteiger partial charge in [-0.15, -0.1) is 0 Å². The molecule has 2 heterocycles. The number of para-hydroxylation sites is 1. The van der Waals surface area contributed by atoms with Crippen LogP contribution in [0.5, 0.6) is 0 Å². The Labute approximate surface area is 163 Å². The van der Waals surface area contributed by atoms with Crippen molar-refractivity contribution < 1.29 is 19.1 Å². The lowest BCUT2D eigenvalue weighted by atomic mass is 10.2. The lowest BCUT2D eigenvalue weighted by Gasteiger charge is -2.27. The number of nitrogens with one attached hydrogen (secondary N) is 2. The minimum Gasteiger partial charge on any atom is -0.442 e. The number of nitrogens with zero attached hydrogens (tertiary/aromatic N) is 2. The number of carbonyl (C=O) groups is 2. The molecule has 0 saturated carbocycles. The van der Waals surface area contributed by atoms with Crippen LogP contribution in [-0.2, 0) is 14.3 Å². The molecule has 2 saturated heterocycles. The van der Waals surface area contributed by atoms with Crippen LogP contribution in [0.4, 0.5) is 21.9 Å². The van der Waals surface area contributed by atoms with Gasteiger partial charge in [0.2, 0.25) is 0 Å². The van der Waals surface area contributed by atoms with Crippen LogP contribution in [0, 0.1) is 0 Å². The van der Waals surface area contributed by atoms with Crippen molar-refractivity contribution in [1.82, 2.24) is 5.43 Å². The third-order valence-electron chi connectivity index (χ3n) is 4.67. The second-order valence-electron chi connectivity index (χ2n) is 6.60. The Morgan fingerprint density at radius 1 is 0.964 bits per heavy atom. The van der Waals surface area contributed by atoms with Crippen LogP contribution in [0.3, 0.4) is 0 Å². The minimum atomic E-state index is -0.373. The van der Waals surface area contributed by atoms with Gasteiger partial charge < -0.3 is 19.8 Å². The molecule has 146 valence electrons. The molecule has 2 aromatic rings. The van der Waals surface area contributed by atoms with Gasteiger partial charge in [-0.2, -0.15) is 0 Å². The molecule has 2 aromatic carbocycles. The standard InChI is InChI=1S/C20H22N4O4/c25-19-14-27-11-10-23(19)16-6-8-17(9-7-16)24-13-18(28-20(24)26)12-21-22-15-4-2-1-3-5-15/h1-9,18,21-22H,10-14H2/t18-/m0/s1. The molecule has 8 nitrogen and oxygen atoms in total. The number of benzene rings is 2. The van der Waals surface area contributed by atoms with Gasteiger partial charge in [0, 0.05) is 23.6 Å². The van der Waals surface area contributed by atoms with E-state index in [1.807, 2.05) is 54.6 Å². The van der Waals surface area contributed by atoms with Crippen molar-refractivity contribution in [2.45, 2.75) is 6.10 Å². The Hall–Kier alpha value is -3.10. The predicted molar refractivity (Wildman–Crippen MR) is 105 cm³/mol. The second-order valence-corrected chi connectivity index (χ2v) is 6.60. The van der Waals surface area contributed by atoms with Gasteiger partial charge in [-0.25, -0.2) is 10.2 Å². The summed E-state index contributed by atoms with van der Waals surface area (Å²) in [7, 11) is 0. The molecule has 0 bridgehead atoms. The number of amides is 2. The highest BCUT2D eigenvalue weighted by molar-refractivity contribution is 5.95. The van der Waals surface area contributed by atoms with Crippen molar-refractivity contribution in [3.63, 3.8) is 0 Å². The maximum atomic E-state index is 12.2. The van der Waals surface area contributed by atoms with Crippen LogP contribution in [0.25, 0.3) is 0 Å². The molecule has 2 fully saturated rings. The number of ether oxygens (including phenoxy) is 2. The van der Waals surface area contributed by atoms with Crippen LogP contribution in [0.2, 0.25) is 0 Å². The number of rotatable bonds is 6. The number of anilines is 3. The van der Waals surface area contributed by atoms with Crippen molar-refractivity contribution in [1.29, 1.82) is 0 Å². The van der Waals surface area contributed by atoms with Crippen LogP contribution in [-0.4, -0.2) is 51.0 Å². The summed E-state index contributed by atoms with van der Waals surface area (Å²) in [6.07, 6.45) is -0.633. The number of cyclic esters (lactones) is 1. The predicted octanol–water partition coefficient (Wildman–Crippen LogP) is 1.99. The van der Waals surface area contributed by atoms with Crippen LogP contribution in [0.1, 0.15) is 0 Å². The zero-order valence-corrected chi connectivity index (χ0v) is 15.3. The van der Waals surface area contributed by atoms with E-state index in [1.54, 1.807) is 9.80 Å². The number of hydrogen-bond acceptors (Lipinski definition) is 6. The Morgan fingerprint density at radius 3 is 2.39 bits per heavy atom. The highest BCUT2D eigenvalue weighted by Gasteiger charge is 2.32. The average molecular weight is 382 g/mol. The number of hydrazine groups is 1. The summed E-state index contributed by atoms with van der Waals surface area (Å²) in [5, 5.41) is 0. The van der Waals surface area contributed by atoms with Gasteiger partial charge in [0.25, 0.3) is 5.91 Å². The van der Waals surface area contributed by atoms with E-state index >= 15 is 0 Å². The van der Waals surface area contributed by atoms with Gasteiger partial charge in [-0.3, -0.25) is 9.69 Å². The minimum absolute atomic E-state index is 0.0587. The SMILES string of the molecule is O=C1COCCN1c1ccc(N2C[C@H](CNNc3ccccc3)OC2=O)cc1. The van der Waals surface area contributed by atoms with Gasteiger partial charge in [0.05, 0.1) is 19.7 Å². The molecule has 1 atom stereocenters. The number of carbonyl (C=O) groups excluding carboxylic acids is 2. The highest BCUT2D eigenvalue weighted by atomic mass is 16.6. The van der Waals surface area contributed by atoms with E-state index in [2.05, 4.69) is 10.9 Å². The summed E-state index contributed by atoms with van der Waals surface area (Å²) in [5.74, 6) is -0.0587. The molecule has 8 heteroatoms. The van der Waals surface area contributed by atoms with Crippen molar-refractivity contribution in [2.24, 2.45) is 0 Å². The van der Waals surface area contributed by atoms with E-state index in [9.17, 15) is 9.59 Å². The normalized spacial score (nSPS) is 19.6. The summed E-state index contributed by atoms with van der Waals surface area (Å²) in [5.41, 5.74) is 8.65. The second kappa shape index (κ2) is 8.28. The van der Waals surface area contributed by atoms with E-state index in [-0.39, 0.29) is 24.7 Å². The molecule has 0 spiro atoms. The van der Waals surface area contributed by atoms with Crippen LogP contribution >= 0.6 is 0 Å². The first-order valence-corrected chi connectivity index (χ1v) is 9.21. The summed E-state index contributed by atoms with van der Waals surface area (Å²) in [4.78, 5) is 27.5. The molecule has 2 amide bonds. The first-order chi connectivity index (χ1) is 13.7. The molecule has 0 radical (unpaired) electrons. The molecule has 2 aliphatic heterocycles. The third kappa shape index (κ3) is 4.08. The fraction of sp³-hybridized carbons (Fsp3) is 0.300. The van der Waals surface area contributed by atoms with E-state index in [0.29, 0.717) is 26.2 Å². The molecule has 28 heavy (non-hydrogen) atoms. The number of hydrogen-bond donors (Lipinski definition) is 2.